The third-order valence-electron chi connectivity index (χ3n) is 1.82. The molecule has 1 aromatic rings. The Hall–Kier alpha value is -1.59. The monoisotopic (exact) mass is 211 g/mol. The number of aliphatic hydroxyl groups excluding tert-OH is 1. The van der Waals surface area contributed by atoms with E-state index in [4.69, 9.17) is 20.7 Å². The molecular weight excluding hydrogens is 198 g/mol. The van der Waals surface area contributed by atoms with Crippen LogP contribution in [0.25, 0.3) is 0 Å². The maximum Gasteiger partial charge on any atom is 0.322 e. The molecule has 5 nitrogen and oxygen atoms in total. The van der Waals surface area contributed by atoms with Gasteiger partial charge in [0, 0.05) is 0 Å². The van der Waals surface area contributed by atoms with Gasteiger partial charge in [-0.1, -0.05) is 12.1 Å². The summed E-state index contributed by atoms with van der Waals surface area (Å²) in [5, 5.41) is 15.9. The van der Waals surface area contributed by atoms with Crippen molar-refractivity contribution in [1.82, 2.24) is 0 Å². The molecule has 15 heavy (non-hydrogen) atoms. The number of fused-ring (bicyclic) bond motifs is 2. The van der Waals surface area contributed by atoms with Crippen LogP contribution in [0.4, 0.5) is 0 Å². The van der Waals surface area contributed by atoms with E-state index in [0.717, 1.165) is 12.4 Å². The van der Waals surface area contributed by atoms with Crippen LogP contribution in [-0.2, 0) is 11.4 Å². The molecule has 1 unspecified atom stereocenters. The van der Waals surface area contributed by atoms with Gasteiger partial charge in [0.05, 0.1) is 6.61 Å². The number of rotatable bonds is 2. The lowest BCUT2D eigenvalue weighted by molar-refractivity contribution is -0.139. The molecule has 0 radical (unpaired) electrons. The van der Waals surface area contributed by atoms with Crippen LogP contribution in [0.2, 0.25) is 0 Å². The van der Waals surface area contributed by atoms with Gasteiger partial charge in [-0.2, -0.15) is 0 Å². The minimum absolute atomic E-state index is 0.505. The highest BCUT2D eigenvalue weighted by Gasteiger charge is 2.07. The molecule has 0 spiro atoms. The zero-order valence-corrected chi connectivity index (χ0v) is 8.09. The molecule has 0 saturated carbocycles. The molecule has 1 aliphatic rings. The van der Waals surface area contributed by atoms with E-state index in [1.54, 1.807) is 0 Å². The van der Waals surface area contributed by atoms with Crippen LogP contribution in [0, 0.1) is 0 Å². The summed E-state index contributed by atoms with van der Waals surface area (Å²) in [7, 11) is 0. The predicted octanol–water partition coefficient (Wildman–Crippen LogP) is -0.0304. The largest absolute Gasteiger partial charge is 0.489 e. The molecule has 0 aromatic heterocycles. The van der Waals surface area contributed by atoms with Crippen LogP contribution in [0.5, 0.6) is 5.75 Å². The lowest BCUT2D eigenvalue weighted by atomic mass is 10.2. The van der Waals surface area contributed by atoms with Gasteiger partial charge in [0.15, 0.2) is 0 Å². The molecule has 0 saturated heterocycles. The van der Waals surface area contributed by atoms with E-state index in [1.807, 2.05) is 12.1 Å². The van der Waals surface area contributed by atoms with Gasteiger partial charge >= 0.3 is 5.97 Å². The summed E-state index contributed by atoms with van der Waals surface area (Å²) in [5.41, 5.74) is 6.05. The highest BCUT2D eigenvalue weighted by atomic mass is 16.5. The third-order valence-corrected chi connectivity index (χ3v) is 1.82. The van der Waals surface area contributed by atoms with E-state index in [1.165, 1.54) is 5.56 Å². The SMILES string of the molecule is NC(CO)C(=O)O.c1cc2cc(c1)OC2. The molecule has 1 heterocycles. The number of carboxylic acids is 1. The van der Waals surface area contributed by atoms with Gasteiger partial charge in [-0.3, -0.25) is 4.79 Å². The molecule has 4 N–H and O–H groups in total. The lowest BCUT2D eigenvalue weighted by Crippen LogP contribution is -2.33. The maximum atomic E-state index is 9.65. The first-order valence-electron chi connectivity index (χ1n) is 4.44. The third kappa shape index (κ3) is 3.57. The summed E-state index contributed by atoms with van der Waals surface area (Å²) in [6.07, 6.45) is 0. The minimum atomic E-state index is -1.18. The molecule has 2 bridgehead atoms. The molecule has 0 fully saturated rings. The first-order valence-corrected chi connectivity index (χ1v) is 4.44. The lowest BCUT2D eigenvalue weighted by Gasteiger charge is -1.96. The van der Waals surface area contributed by atoms with E-state index in [0.29, 0.717) is 0 Å². The summed E-state index contributed by atoms with van der Waals surface area (Å²) in [5.74, 6) is -0.176. The number of aliphatic carboxylic acids is 1. The van der Waals surface area contributed by atoms with E-state index >= 15 is 0 Å². The molecule has 82 valence electrons. The van der Waals surface area contributed by atoms with Crippen molar-refractivity contribution in [2.75, 3.05) is 6.61 Å². The van der Waals surface area contributed by atoms with Gasteiger partial charge in [0.25, 0.3) is 0 Å². The van der Waals surface area contributed by atoms with Crippen LogP contribution in [0.1, 0.15) is 5.56 Å². The summed E-state index contributed by atoms with van der Waals surface area (Å²) in [6, 6.07) is 6.98. The molecule has 0 aliphatic carbocycles. The Kier molecular flexibility index (Phi) is 4.08. The standard InChI is InChI=1S/C7H6O.C3H7NO3/c1-2-6-4-7(3-1)8-5-6;4-2(1-5)3(6)7/h1-4H,5H2;2,5H,1,4H2,(H,6,7). The van der Waals surface area contributed by atoms with Crippen LogP contribution in [0.15, 0.2) is 24.3 Å². The van der Waals surface area contributed by atoms with Crippen molar-refractivity contribution in [3.8, 4) is 5.75 Å². The highest BCUT2D eigenvalue weighted by molar-refractivity contribution is 5.73. The second-order valence-corrected chi connectivity index (χ2v) is 3.06. The number of carbonyl (C=O) groups is 1. The smallest absolute Gasteiger partial charge is 0.322 e. The Morgan fingerprint density at radius 1 is 1.60 bits per heavy atom. The fourth-order valence-electron chi connectivity index (χ4n) is 0.970. The average Bonchev–Trinajstić information content (AvgIpc) is 2.57. The van der Waals surface area contributed by atoms with Crippen molar-refractivity contribution in [3.63, 3.8) is 0 Å². The number of nitrogens with two attached hydrogens (primary N) is 1. The normalized spacial score (nSPS) is 13.5. The van der Waals surface area contributed by atoms with Gasteiger partial charge in [0.1, 0.15) is 18.4 Å². The molecular formula is C10H13NO4. The van der Waals surface area contributed by atoms with Crippen LogP contribution in [0.3, 0.4) is 0 Å². The maximum absolute atomic E-state index is 9.65. The van der Waals surface area contributed by atoms with Crippen LogP contribution in [-0.4, -0.2) is 28.8 Å². The zero-order chi connectivity index (χ0) is 11.3. The number of carboxylic acid groups (broad SMARTS) is 1. The van der Waals surface area contributed by atoms with Crippen molar-refractivity contribution < 1.29 is 19.7 Å². The van der Waals surface area contributed by atoms with E-state index in [-0.39, 0.29) is 0 Å². The van der Waals surface area contributed by atoms with Gasteiger partial charge in [-0.25, -0.2) is 0 Å². The van der Waals surface area contributed by atoms with E-state index in [2.05, 4.69) is 12.1 Å². The number of hydrogen-bond acceptors (Lipinski definition) is 4. The summed E-state index contributed by atoms with van der Waals surface area (Å²) >= 11 is 0. The van der Waals surface area contributed by atoms with Crippen LogP contribution < -0.4 is 10.5 Å². The van der Waals surface area contributed by atoms with E-state index in [9.17, 15) is 4.79 Å². The number of benzene rings is 1. The fourth-order valence-corrected chi connectivity index (χ4v) is 0.970. The summed E-state index contributed by atoms with van der Waals surface area (Å²) in [6.45, 7) is 0.262. The number of hydrogen-bond donors (Lipinski definition) is 3. The quantitative estimate of drug-likeness (QED) is 0.638. The van der Waals surface area contributed by atoms with Crippen molar-refractivity contribution >= 4 is 5.97 Å². The summed E-state index contributed by atoms with van der Waals surface area (Å²) in [4.78, 5) is 9.65. The van der Waals surface area contributed by atoms with Gasteiger partial charge in [-0.05, 0) is 17.7 Å². The van der Waals surface area contributed by atoms with Gasteiger partial charge in [0.2, 0.25) is 0 Å². The Balaban J connectivity index is 0.000000153. The Morgan fingerprint density at radius 3 is 2.73 bits per heavy atom. The van der Waals surface area contributed by atoms with Gasteiger partial charge < -0.3 is 20.7 Å². The van der Waals surface area contributed by atoms with Crippen molar-refractivity contribution in [2.45, 2.75) is 12.6 Å². The Morgan fingerprint density at radius 2 is 2.33 bits per heavy atom. The fraction of sp³-hybridized carbons (Fsp3) is 0.300. The average molecular weight is 211 g/mol. The van der Waals surface area contributed by atoms with Crippen molar-refractivity contribution in [1.29, 1.82) is 0 Å². The topological polar surface area (TPSA) is 92.8 Å². The first-order chi connectivity index (χ1) is 7.13. The van der Waals surface area contributed by atoms with E-state index < -0.39 is 18.6 Å². The van der Waals surface area contributed by atoms with Gasteiger partial charge in [-0.15, -0.1) is 0 Å². The molecule has 0 amide bonds. The van der Waals surface area contributed by atoms with Crippen molar-refractivity contribution in [3.05, 3.63) is 29.8 Å². The molecule has 1 aliphatic heterocycles. The molecule has 5 heteroatoms. The Bertz CT molecular complexity index is 321. The first kappa shape index (κ1) is 11.5. The summed E-state index contributed by atoms with van der Waals surface area (Å²) < 4.78 is 5.18. The second kappa shape index (κ2) is 5.33. The molecule has 2 rings (SSSR count). The molecule has 1 atom stereocenters. The predicted molar refractivity (Wildman–Crippen MR) is 53.5 cm³/mol. The second-order valence-electron chi connectivity index (χ2n) is 3.06. The highest BCUT2D eigenvalue weighted by Crippen LogP contribution is 2.20. The zero-order valence-electron chi connectivity index (χ0n) is 8.09. The Labute approximate surface area is 87.1 Å². The van der Waals surface area contributed by atoms with Crippen LogP contribution >= 0.6 is 0 Å². The molecule has 1 aromatic carbocycles. The number of ether oxygens (including phenoxy) is 1. The minimum Gasteiger partial charge on any atom is -0.489 e. The number of aliphatic hydroxyl groups is 1. The van der Waals surface area contributed by atoms with Crippen molar-refractivity contribution in [2.24, 2.45) is 5.73 Å².